The number of anilines is 1. The third kappa shape index (κ3) is 3.15. The van der Waals surface area contributed by atoms with Gasteiger partial charge in [-0.15, -0.1) is 0 Å². The van der Waals surface area contributed by atoms with Crippen molar-refractivity contribution in [2.45, 2.75) is 19.3 Å². The van der Waals surface area contributed by atoms with Crippen LogP contribution in [0.2, 0.25) is 5.02 Å². The lowest BCUT2D eigenvalue weighted by Crippen LogP contribution is -2.25. The SMILES string of the molecule is Cc1nn(-c2nc3ccc(Br)cc3s2)c2c1[C@@H](c1ccc(F)cc1Cl)CC(=O)N2. The molecular formula is C20H13BrClFN4OS. The molecule has 0 saturated carbocycles. The van der Waals surface area contributed by atoms with Gasteiger partial charge < -0.3 is 5.32 Å². The number of amides is 1. The van der Waals surface area contributed by atoms with Crippen LogP contribution in [-0.4, -0.2) is 20.7 Å². The smallest absolute Gasteiger partial charge is 0.226 e. The quantitative estimate of drug-likeness (QED) is 0.384. The van der Waals surface area contributed by atoms with Crippen LogP contribution in [0.25, 0.3) is 15.3 Å². The summed E-state index contributed by atoms with van der Waals surface area (Å²) in [5.74, 6) is -0.272. The van der Waals surface area contributed by atoms with Crippen LogP contribution in [0.5, 0.6) is 0 Å². The standard InChI is InChI=1S/C20H13BrClFN4OS/c1-9-18-13(12-4-3-11(23)7-14(12)22)8-17(28)25-19(18)27(26-9)20-24-15-5-2-10(21)6-16(15)29-20/h2-7,13H,8H2,1H3,(H,25,28)/t13-/m1/s1. The van der Waals surface area contributed by atoms with Crippen molar-refractivity contribution in [2.24, 2.45) is 0 Å². The fourth-order valence-electron chi connectivity index (χ4n) is 3.71. The Morgan fingerprint density at radius 1 is 1.31 bits per heavy atom. The molecule has 0 bridgehead atoms. The van der Waals surface area contributed by atoms with E-state index in [1.165, 1.54) is 23.5 Å². The van der Waals surface area contributed by atoms with Gasteiger partial charge in [0.25, 0.3) is 0 Å². The largest absolute Gasteiger partial charge is 0.310 e. The lowest BCUT2D eigenvalue weighted by molar-refractivity contribution is -0.116. The first-order chi connectivity index (χ1) is 13.9. The molecule has 4 aromatic rings. The molecule has 1 amide bonds. The van der Waals surface area contributed by atoms with Gasteiger partial charge in [-0.25, -0.2) is 9.37 Å². The number of aryl methyl sites for hydroxylation is 1. The van der Waals surface area contributed by atoms with E-state index in [1.807, 2.05) is 25.1 Å². The second-order valence-corrected chi connectivity index (χ2v) is 9.17. The van der Waals surface area contributed by atoms with Gasteiger partial charge in [0.1, 0.15) is 11.6 Å². The van der Waals surface area contributed by atoms with Crippen molar-refractivity contribution in [3.8, 4) is 5.13 Å². The molecule has 1 aliphatic rings. The Labute approximate surface area is 182 Å². The Hall–Kier alpha value is -2.29. The lowest BCUT2D eigenvalue weighted by Gasteiger charge is -2.24. The average Bonchev–Trinajstić information content (AvgIpc) is 3.21. The number of carbonyl (C=O) groups is 1. The number of nitrogens with zero attached hydrogens (tertiary/aromatic N) is 3. The maximum Gasteiger partial charge on any atom is 0.226 e. The highest BCUT2D eigenvalue weighted by Gasteiger charge is 2.34. The summed E-state index contributed by atoms with van der Waals surface area (Å²) in [5, 5.41) is 8.55. The number of hydrogen-bond donors (Lipinski definition) is 1. The molecule has 3 heterocycles. The number of halogens is 3. The zero-order chi connectivity index (χ0) is 20.3. The van der Waals surface area contributed by atoms with E-state index in [2.05, 4.69) is 31.3 Å². The lowest BCUT2D eigenvalue weighted by atomic mass is 9.86. The van der Waals surface area contributed by atoms with E-state index in [1.54, 1.807) is 10.7 Å². The Bertz CT molecular complexity index is 1300. The van der Waals surface area contributed by atoms with E-state index in [-0.39, 0.29) is 18.2 Å². The summed E-state index contributed by atoms with van der Waals surface area (Å²) in [7, 11) is 0. The Morgan fingerprint density at radius 3 is 2.93 bits per heavy atom. The van der Waals surface area contributed by atoms with Crippen LogP contribution >= 0.6 is 38.9 Å². The maximum atomic E-state index is 13.5. The van der Waals surface area contributed by atoms with Crippen LogP contribution < -0.4 is 5.32 Å². The summed E-state index contributed by atoms with van der Waals surface area (Å²) < 4.78 is 17.2. The Morgan fingerprint density at radius 2 is 2.14 bits per heavy atom. The zero-order valence-corrected chi connectivity index (χ0v) is 18.2. The maximum absolute atomic E-state index is 13.5. The summed E-state index contributed by atoms with van der Waals surface area (Å²) in [6.07, 6.45) is 0.220. The van der Waals surface area contributed by atoms with Crippen molar-refractivity contribution in [1.29, 1.82) is 0 Å². The Balaban J connectivity index is 1.68. The molecule has 0 saturated heterocycles. The van der Waals surface area contributed by atoms with Crippen LogP contribution in [-0.2, 0) is 4.79 Å². The summed E-state index contributed by atoms with van der Waals surface area (Å²) in [6, 6.07) is 10.1. The minimum atomic E-state index is -0.410. The zero-order valence-electron chi connectivity index (χ0n) is 15.0. The molecule has 2 aromatic heterocycles. The fourth-order valence-corrected chi connectivity index (χ4v) is 5.49. The predicted molar refractivity (Wildman–Crippen MR) is 116 cm³/mol. The average molecular weight is 492 g/mol. The third-order valence-corrected chi connectivity index (χ3v) is 6.78. The molecule has 0 fully saturated rings. The van der Waals surface area contributed by atoms with Gasteiger partial charge in [0.15, 0.2) is 0 Å². The molecule has 9 heteroatoms. The minimum absolute atomic E-state index is 0.145. The van der Waals surface area contributed by atoms with Gasteiger partial charge in [-0.05, 0) is 42.8 Å². The van der Waals surface area contributed by atoms with E-state index in [4.69, 9.17) is 11.6 Å². The molecule has 5 rings (SSSR count). The minimum Gasteiger partial charge on any atom is -0.310 e. The van der Waals surface area contributed by atoms with Crippen molar-refractivity contribution in [3.05, 3.63) is 68.5 Å². The molecule has 1 atom stereocenters. The van der Waals surface area contributed by atoms with Crippen molar-refractivity contribution >= 4 is 60.8 Å². The summed E-state index contributed by atoms with van der Waals surface area (Å²) >= 11 is 11.3. The highest BCUT2D eigenvalue weighted by atomic mass is 79.9. The van der Waals surface area contributed by atoms with Crippen molar-refractivity contribution in [3.63, 3.8) is 0 Å². The number of aromatic nitrogens is 3. The number of benzene rings is 2. The second-order valence-electron chi connectivity index (χ2n) is 6.84. The van der Waals surface area contributed by atoms with Gasteiger partial charge in [-0.2, -0.15) is 9.78 Å². The first-order valence-electron chi connectivity index (χ1n) is 8.81. The van der Waals surface area contributed by atoms with E-state index >= 15 is 0 Å². The summed E-state index contributed by atoms with van der Waals surface area (Å²) in [5.41, 5.74) is 3.21. The fraction of sp³-hybridized carbons (Fsp3) is 0.150. The van der Waals surface area contributed by atoms with Crippen LogP contribution in [0.1, 0.15) is 29.2 Å². The van der Waals surface area contributed by atoms with Crippen LogP contribution in [0.4, 0.5) is 10.2 Å². The summed E-state index contributed by atoms with van der Waals surface area (Å²) in [6.45, 7) is 1.89. The first kappa shape index (κ1) is 18.7. The third-order valence-electron chi connectivity index (χ3n) is 4.96. The predicted octanol–water partition coefficient (Wildman–Crippen LogP) is 5.82. The van der Waals surface area contributed by atoms with E-state index in [0.717, 1.165) is 25.9 Å². The van der Waals surface area contributed by atoms with Crippen LogP contribution in [0, 0.1) is 12.7 Å². The van der Waals surface area contributed by atoms with Gasteiger partial charge >= 0.3 is 0 Å². The van der Waals surface area contributed by atoms with Crippen molar-refractivity contribution < 1.29 is 9.18 Å². The molecule has 2 aromatic carbocycles. The van der Waals surface area contributed by atoms with Gasteiger partial charge in [-0.3, -0.25) is 4.79 Å². The molecule has 1 N–H and O–H groups in total. The number of hydrogen-bond acceptors (Lipinski definition) is 4. The van der Waals surface area contributed by atoms with E-state index in [9.17, 15) is 9.18 Å². The molecular weight excluding hydrogens is 479 g/mol. The molecule has 29 heavy (non-hydrogen) atoms. The molecule has 0 unspecified atom stereocenters. The number of carbonyl (C=O) groups excluding carboxylic acids is 1. The highest BCUT2D eigenvalue weighted by Crippen LogP contribution is 2.43. The van der Waals surface area contributed by atoms with Crippen LogP contribution in [0.15, 0.2) is 40.9 Å². The van der Waals surface area contributed by atoms with Crippen molar-refractivity contribution in [2.75, 3.05) is 5.32 Å². The molecule has 146 valence electrons. The topological polar surface area (TPSA) is 59.8 Å². The Kier molecular flexibility index (Phi) is 4.45. The molecule has 1 aliphatic heterocycles. The monoisotopic (exact) mass is 490 g/mol. The van der Waals surface area contributed by atoms with Crippen molar-refractivity contribution in [1.82, 2.24) is 14.8 Å². The van der Waals surface area contributed by atoms with E-state index in [0.29, 0.717) is 21.5 Å². The molecule has 0 spiro atoms. The first-order valence-corrected chi connectivity index (χ1v) is 10.8. The number of fused-ring (bicyclic) bond motifs is 2. The number of nitrogens with one attached hydrogen (secondary N) is 1. The number of rotatable bonds is 2. The van der Waals surface area contributed by atoms with E-state index < -0.39 is 5.82 Å². The van der Waals surface area contributed by atoms with Gasteiger partial charge in [0, 0.05) is 27.4 Å². The number of thiazole rings is 1. The van der Waals surface area contributed by atoms with Gasteiger partial charge in [0.2, 0.25) is 11.0 Å². The van der Waals surface area contributed by atoms with Crippen LogP contribution in [0.3, 0.4) is 0 Å². The molecule has 0 radical (unpaired) electrons. The normalized spacial score (nSPS) is 16.1. The molecule has 0 aliphatic carbocycles. The van der Waals surface area contributed by atoms with Gasteiger partial charge in [-0.1, -0.05) is 44.9 Å². The summed E-state index contributed by atoms with van der Waals surface area (Å²) in [4.78, 5) is 17.2. The second kappa shape index (κ2) is 6.90. The molecule has 5 nitrogen and oxygen atoms in total. The van der Waals surface area contributed by atoms with Gasteiger partial charge in [0.05, 0.1) is 15.9 Å². The highest BCUT2D eigenvalue weighted by molar-refractivity contribution is 9.10.